The van der Waals surface area contributed by atoms with Crippen molar-refractivity contribution in [1.29, 1.82) is 0 Å². The van der Waals surface area contributed by atoms with Gasteiger partial charge in [0.05, 0.1) is 6.21 Å². The second-order valence-corrected chi connectivity index (χ2v) is 13.4. The number of halogens is 1. The lowest BCUT2D eigenvalue weighted by Crippen LogP contribution is -2.63. The Labute approximate surface area is 257 Å². The molecule has 0 saturated heterocycles. The van der Waals surface area contributed by atoms with Crippen molar-refractivity contribution in [1.82, 2.24) is 4.92 Å². The highest BCUT2D eigenvalue weighted by molar-refractivity contribution is 6.67. The molecule has 9 atom stereocenters. The first-order valence-corrected chi connectivity index (χ1v) is 15.1. The molecule has 3 aliphatic carbocycles. The summed E-state index contributed by atoms with van der Waals surface area (Å²) in [6.45, 7) is 13.0. The molecule has 1 heterocycles. The zero-order valence-corrected chi connectivity index (χ0v) is 25.8. The van der Waals surface area contributed by atoms with E-state index >= 15 is 4.39 Å². The SMILES string of the molecule is C=C[C@]1(C)C[C@@H](OC(=O)COc2ccc3c(c2)B(O)N(C(C)=O)N=C3)[C@@]2(C)[C@@H]3C(=O)[C@@H](F)C[C@@]3(CC[C@@H]2C)[C@@H](C)[C@@H]1OC=O. The molecule has 12 heteroatoms. The van der Waals surface area contributed by atoms with Crippen molar-refractivity contribution in [3.8, 4) is 5.75 Å². The fourth-order valence-corrected chi connectivity index (χ4v) is 8.65. The number of ketones is 1. The van der Waals surface area contributed by atoms with Gasteiger partial charge in [0.2, 0.25) is 5.91 Å². The molecule has 1 aromatic rings. The summed E-state index contributed by atoms with van der Waals surface area (Å²) in [6, 6.07) is 4.79. The molecule has 0 unspecified atom stereocenters. The number of hydrogen-bond acceptors (Lipinski definition) is 9. The zero-order chi connectivity index (χ0) is 32.2. The standard InChI is InChI=1S/C32H40BFN2O8/c1-7-30(5)14-25(44-26(39)16-42-22-9-8-21-15-35-36(20(4)38)33(41)23(21)12-22)31(6)18(2)10-11-32(19(3)29(30)43-17-37)13-24(34)27(40)28(31)32/h7-9,12,15,17-19,24-25,28-29,41H,1,10-11,13-14,16H2,2-6H3/t18-,19-,24-,25+,28-,29-,30+,31-,32-/m0/s1. The fourth-order valence-electron chi connectivity index (χ4n) is 8.65. The Bertz CT molecular complexity index is 1410. The molecule has 0 spiro atoms. The molecule has 1 aliphatic heterocycles. The van der Waals surface area contributed by atoms with Gasteiger partial charge >= 0.3 is 13.0 Å². The van der Waals surface area contributed by atoms with E-state index in [0.29, 0.717) is 30.3 Å². The zero-order valence-electron chi connectivity index (χ0n) is 25.8. The van der Waals surface area contributed by atoms with Crippen molar-refractivity contribution in [2.75, 3.05) is 6.61 Å². The van der Waals surface area contributed by atoms with Crippen molar-refractivity contribution < 1.29 is 42.8 Å². The van der Waals surface area contributed by atoms with Crippen LogP contribution >= 0.6 is 0 Å². The number of hydrogen-bond donors (Lipinski definition) is 1. The number of amides is 1. The van der Waals surface area contributed by atoms with E-state index in [4.69, 9.17) is 14.2 Å². The van der Waals surface area contributed by atoms with E-state index in [-0.39, 0.29) is 30.4 Å². The van der Waals surface area contributed by atoms with Crippen LogP contribution in [-0.2, 0) is 28.7 Å². The van der Waals surface area contributed by atoms with E-state index in [1.807, 2.05) is 27.7 Å². The summed E-state index contributed by atoms with van der Waals surface area (Å²) >= 11 is 0. The second kappa shape index (κ2) is 11.4. The summed E-state index contributed by atoms with van der Waals surface area (Å²) in [5, 5.41) is 14.6. The van der Waals surface area contributed by atoms with E-state index in [9.17, 15) is 24.2 Å². The van der Waals surface area contributed by atoms with Gasteiger partial charge in [0.1, 0.15) is 18.0 Å². The van der Waals surface area contributed by atoms with Crippen LogP contribution in [0.5, 0.6) is 5.75 Å². The normalized spacial score (nSPS) is 37.7. The van der Waals surface area contributed by atoms with E-state index in [1.54, 1.807) is 18.2 Å². The highest BCUT2D eigenvalue weighted by atomic mass is 19.1. The summed E-state index contributed by atoms with van der Waals surface area (Å²) in [6.07, 6.45) is 1.46. The van der Waals surface area contributed by atoms with Gasteiger partial charge in [0, 0.05) is 29.6 Å². The van der Waals surface area contributed by atoms with Crippen molar-refractivity contribution in [2.45, 2.75) is 78.7 Å². The Balaban J connectivity index is 1.45. The van der Waals surface area contributed by atoms with E-state index in [1.165, 1.54) is 19.2 Å². The predicted molar refractivity (Wildman–Crippen MR) is 160 cm³/mol. The summed E-state index contributed by atoms with van der Waals surface area (Å²) < 4.78 is 33.1. The molecule has 0 radical (unpaired) electrons. The first-order chi connectivity index (χ1) is 20.7. The van der Waals surface area contributed by atoms with E-state index in [0.717, 1.165) is 4.92 Å². The molecule has 1 aromatic carbocycles. The molecular weight excluding hydrogens is 570 g/mol. The topological polar surface area (TPSA) is 132 Å². The van der Waals surface area contributed by atoms with Crippen LogP contribution in [0.4, 0.5) is 4.39 Å². The number of fused-ring (bicyclic) bond motifs is 1. The molecule has 3 fully saturated rings. The molecule has 5 rings (SSSR count). The van der Waals surface area contributed by atoms with Crippen molar-refractivity contribution in [2.24, 2.45) is 39.1 Å². The van der Waals surface area contributed by atoms with Gasteiger partial charge in [0.15, 0.2) is 18.6 Å². The van der Waals surface area contributed by atoms with Crippen LogP contribution in [0.15, 0.2) is 36.0 Å². The largest absolute Gasteiger partial charge is 0.482 e. The average Bonchev–Trinajstić information content (AvgIpc) is 3.26. The Morgan fingerprint density at radius 3 is 2.66 bits per heavy atom. The van der Waals surface area contributed by atoms with E-state index < -0.39 is 71.9 Å². The van der Waals surface area contributed by atoms with Crippen LogP contribution in [0.2, 0.25) is 0 Å². The van der Waals surface area contributed by atoms with Gasteiger partial charge in [-0.25, -0.2) is 14.1 Å². The van der Waals surface area contributed by atoms with E-state index in [2.05, 4.69) is 11.7 Å². The third-order valence-corrected chi connectivity index (χ3v) is 11.3. The lowest BCUT2D eigenvalue weighted by atomic mass is 9.44. The molecule has 1 N–H and O–H groups in total. The van der Waals surface area contributed by atoms with Gasteiger partial charge in [-0.3, -0.25) is 14.4 Å². The first-order valence-electron chi connectivity index (χ1n) is 15.1. The molecular formula is C32H40BFN2O8. The smallest absolute Gasteiger partial charge is 0.474 e. The van der Waals surface area contributed by atoms with Crippen LogP contribution in [0.25, 0.3) is 0 Å². The minimum Gasteiger partial charge on any atom is -0.482 e. The quantitative estimate of drug-likeness (QED) is 0.216. The van der Waals surface area contributed by atoms with Crippen LogP contribution < -0.4 is 10.2 Å². The van der Waals surface area contributed by atoms with Crippen LogP contribution in [0.1, 0.15) is 65.9 Å². The van der Waals surface area contributed by atoms with Gasteiger partial charge in [-0.2, -0.15) is 5.10 Å². The van der Waals surface area contributed by atoms with Crippen LogP contribution in [0.3, 0.4) is 0 Å². The van der Waals surface area contributed by atoms with Gasteiger partial charge < -0.3 is 19.2 Å². The van der Waals surface area contributed by atoms with Gasteiger partial charge in [-0.05, 0) is 60.2 Å². The summed E-state index contributed by atoms with van der Waals surface area (Å²) in [7, 11) is -1.31. The van der Waals surface area contributed by atoms with Crippen molar-refractivity contribution >= 4 is 42.9 Å². The highest BCUT2D eigenvalue weighted by Crippen LogP contribution is 2.68. The minimum absolute atomic E-state index is 0.0334. The predicted octanol–water partition coefficient (Wildman–Crippen LogP) is 2.98. The molecule has 4 aliphatic rings. The summed E-state index contributed by atoms with van der Waals surface area (Å²) in [5.41, 5.74) is -1.54. The van der Waals surface area contributed by atoms with Gasteiger partial charge in [0.25, 0.3) is 6.47 Å². The number of Topliss-reactive ketones (excluding diaryl/α,β-unsaturated/α-hetero) is 1. The third-order valence-electron chi connectivity index (χ3n) is 11.3. The maximum atomic E-state index is 15.4. The van der Waals surface area contributed by atoms with Crippen LogP contribution in [0, 0.1) is 34.0 Å². The highest BCUT2D eigenvalue weighted by Gasteiger charge is 2.71. The molecule has 0 aromatic heterocycles. The number of carbonyl (C=O) groups is 4. The molecule has 3 saturated carbocycles. The number of nitrogens with zero attached hydrogens (tertiary/aromatic N) is 2. The molecule has 44 heavy (non-hydrogen) atoms. The Hall–Kier alpha value is -3.54. The molecule has 10 nitrogen and oxygen atoms in total. The number of alkyl halides is 1. The number of benzene rings is 1. The average molecular weight is 610 g/mol. The Kier molecular flexibility index (Phi) is 8.28. The van der Waals surface area contributed by atoms with Crippen molar-refractivity contribution in [3.63, 3.8) is 0 Å². The number of carbonyl (C=O) groups excluding carboxylic acids is 4. The Morgan fingerprint density at radius 1 is 1.27 bits per heavy atom. The lowest BCUT2D eigenvalue weighted by Gasteiger charge is -2.61. The van der Waals surface area contributed by atoms with Crippen LogP contribution in [-0.4, -0.2) is 72.3 Å². The van der Waals surface area contributed by atoms with Gasteiger partial charge in [-0.15, -0.1) is 6.58 Å². The monoisotopic (exact) mass is 610 g/mol. The molecule has 236 valence electrons. The third kappa shape index (κ3) is 4.85. The molecule has 1 amide bonds. The number of ether oxygens (including phenoxy) is 3. The maximum Gasteiger partial charge on any atom is 0.474 e. The lowest BCUT2D eigenvalue weighted by molar-refractivity contribution is -0.211. The summed E-state index contributed by atoms with van der Waals surface area (Å²) in [5.74, 6) is -2.51. The second-order valence-electron chi connectivity index (χ2n) is 13.4. The first kappa shape index (κ1) is 31.9. The fraction of sp³-hybridized carbons (Fsp3) is 0.594. The number of esters is 1. The number of hydrazone groups is 1. The van der Waals surface area contributed by atoms with Gasteiger partial charge in [-0.1, -0.05) is 39.8 Å². The number of rotatable bonds is 7. The van der Waals surface area contributed by atoms with Crippen molar-refractivity contribution in [3.05, 3.63) is 36.4 Å². The molecule has 2 bridgehead atoms. The maximum absolute atomic E-state index is 15.4. The summed E-state index contributed by atoms with van der Waals surface area (Å²) in [4.78, 5) is 51.6. The Morgan fingerprint density at radius 2 is 2.00 bits per heavy atom. The minimum atomic E-state index is -1.65.